The van der Waals surface area contributed by atoms with Gasteiger partial charge in [0.05, 0.1) is 0 Å². The molecule has 0 aromatic carbocycles. The van der Waals surface area contributed by atoms with Crippen LogP contribution in [0.15, 0.2) is 0 Å². The molecule has 0 heterocycles. The Morgan fingerprint density at radius 2 is 1.56 bits per heavy atom. The molecule has 1 aliphatic carbocycles. The smallest absolute Gasteiger partial charge is 0.0414 e. The molecule has 0 aromatic heterocycles. The lowest BCUT2D eigenvalue weighted by atomic mass is 9.77. The molecule has 0 aromatic rings. The Morgan fingerprint density at radius 3 is 2.00 bits per heavy atom. The summed E-state index contributed by atoms with van der Waals surface area (Å²) in [5, 5.41) is 0. The summed E-state index contributed by atoms with van der Waals surface area (Å²) >= 11 is 0. The summed E-state index contributed by atoms with van der Waals surface area (Å²) in [6.07, 6.45) is 4.38. The Hall–Kier alpha value is 0. The van der Waals surface area contributed by atoms with Gasteiger partial charge in [0.15, 0.2) is 0 Å². The Kier molecular flexibility index (Phi) is 2.15. The number of hydrogen-bond acceptors (Lipinski definition) is 0. The van der Waals surface area contributed by atoms with E-state index < -0.39 is 0 Å². The molecule has 9 heavy (non-hydrogen) atoms. The predicted octanol–water partition coefficient (Wildman–Crippen LogP) is 3.08. The highest BCUT2D eigenvalue weighted by atomic mass is 14.3. The van der Waals surface area contributed by atoms with Gasteiger partial charge in [-0.1, -0.05) is 33.6 Å². The van der Waals surface area contributed by atoms with Crippen molar-refractivity contribution in [1.29, 1.82) is 0 Å². The third-order valence-corrected chi connectivity index (χ3v) is 2.86. The van der Waals surface area contributed by atoms with Gasteiger partial charge >= 0.3 is 0 Å². The molecule has 3 atom stereocenters. The van der Waals surface area contributed by atoms with E-state index in [0.29, 0.717) is 0 Å². The fraction of sp³-hybridized carbons (Fsp3) is 1.00. The molecule has 0 radical (unpaired) electrons. The van der Waals surface area contributed by atoms with E-state index in [1.54, 1.807) is 0 Å². The highest BCUT2D eigenvalue weighted by molar-refractivity contribution is 4.72. The fourth-order valence-electron chi connectivity index (χ4n) is 1.82. The van der Waals surface area contributed by atoms with Gasteiger partial charge in [0.25, 0.3) is 0 Å². The Morgan fingerprint density at radius 1 is 0.889 bits per heavy atom. The van der Waals surface area contributed by atoms with Crippen molar-refractivity contribution in [2.45, 2.75) is 40.0 Å². The highest BCUT2D eigenvalue weighted by Gasteiger charge is 2.20. The average molecular weight is 126 g/mol. The van der Waals surface area contributed by atoms with Crippen LogP contribution in [0.4, 0.5) is 0 Å². The molecular weight excluding hydrogens is 108 g/mol. The molecule has 0 bridgehead atoms. The topological polar surface area (TPSA) is 0 Å². The van der Waals surface area contributed by atoms with E-state index in [2.05, 4.69) is 20.8 Å². The molecule has 0 spiro atoms. The van der Waals surface area contributed by atoms with Gasteiger partial charge in [-0.2, -0.15) is 0 Å². The molecule has 0 heteroatoms. The molecule has 1 fully saturated rings. The fourth-order valence-corrected chi connectivity index (χ4v) is 1.82. The second-order valence-corrected chi connectivity index (χ2v) is 3.87. The monoisotopic (exact) mass is 126 g/mol. The van der Waals surface area contributed by atoms with Gasteiger partial charge in [0.2, 0.25) is 0 Å². The number of rotatable bonds is 0. The van der Waals surface area contributed by atoms with Crippen LogP contribution in [-0.4, -0.2) is 0 Å². The van der Waals surface area contributed by atoms with Crippen molar-refractivity contribution in [2.75, 3.05) is 0 Å². The minimum absolute atomic E-state index is 0.980. The van der Waals surface area contributed by atoms with Gasteiger partial charge in [-0.3, -0.25) is 0 Å². The lowest BCUT2D eigenvalue weighted by Crippen LogP contribution is -2.18. The molecule has 0 saturated heterocycles. The van der Waals surface area contributed by atoms with Gasteiger partial charge in [-0.25, -0.2) is 0 Å². The third kappa shape index (κ3) is 1.70. The minimum Gasteiger partial charge on any atom is -0.0625 e. The van der Waals surface area contributed by atoms with E-state index in [4.69, 9.17) is 0 Å². The first kappa shape index (κ1) is 7.11. The van der Waals surface area contributed by atoms with Crippen molar-refractivity contribution in [3.05, 3.63) is 0 Å². The van der Waals surface area contributed by atoms with Crippen LogP contribution in [0.25, 0.3) is 0 Å². The Bertz CT molecular complexity index is 86.0. The first-order valence-corrected chi connectivity index (χ1v) is 4.20. The molecule has 54 valence electrons. The molecule has 1 aliphatic rings. The molecule has 0 nitrogen and oxygen atoms in total. The second kappa shape index (κ2) is 2.72. The molecule has 0 N–H and O–H groups in total. The first-order chi connectivity index (χ1) is 4.20. The van der Waals surface area contributed by atoms with Crippen LogP contribution >= 0.6 is 0 Å². The van der Waals surface area contributed by atoms with Crippen LogP contribution in [0, 0.1) is 17.8 Å². The standard InChI is InChI=1S/C9H18/c1-7-4-5-8(2)9(3)6-7/h7-9H,4-6H2,1-3H3/t7-,8+,9-/m1/s1. The van der Waals surface area contributed by atoms with E-state index in [0.717, 1.165) is 17.8 Å². The maximum atomic E-state index is 2.39. The normalized spacial score (nSPS) is 45.0. The molecular formula is C9H18. The predicted molar refractivity (Wildman–Crippen MR) is 41.3 cm³/mol. The van der Waals surface area contributed by atoms with Crippen LogP contribution in [0.2, 0.25) is 0 Å². The zero-order valence-electron chi connectivity index (χ0n) is 6.85. The third-order valence-electron chi connectivity index (χ3n) is 2.86. The van der Waals surface area contributed by atoms with E-state index in [1.165, 1.54) is 19.3 Å². The summed E-state index contributed by atoms with van der Waals surface area (Å²) < 4.78 is 0. The summed E-state index contributed by atoms with van der Waals surface area (Å²) in [4.78, 5) is 0. The van der Waals surface area contributed by atoms with Gasteiger partial charge in [0.1, 0.15) is 0 Å². The Labute approximate surface area is 58.7 Å². The van der Waals surface area contributed by atoms with E-state index in [-0.39, 0.29) is 0 Å². The zero-order valence-corrected chi connectivity index (χ0v) is 6.85. The summed E-state index contributed by atoms with van der Waals surface area (Å²) in [6.45, 7) is 7.15. The van der Waals surface area contributed by atoms with Crippen LogP contribution in [0.5, 0.6) is 0 Å². The number of hydrogen-bond donors (Lipinski definition) is 0. The second-order valence-electron chi connectivity index (χ2n) is 3.87. The van der Waals surface area contributed by atoms with Crippen molar-refractivity contribution in [2.24, 2.45) is 17.8 Å². The molecule has 0 unspecified atom stereocenters. The zero-order chi connectivity index (χ0) is 6.85. The van der Waals surface area contributed by atoms with Crippen LogP contribution in [-0.2, 0) is 0 Å². The summed E-state index contributed by atoms with van der Waals surface area (Å²) in [5.74, 6) is 2.96. The van der Waals surface area contributed by atoms with Crippen LogP contribution in [0.1, 0.15) is 40.0 Å². The van der Waals surface area contributed by atoms with Crippen LogP contribution in [0.3, 0.4) is 0 Å². The molecule has 0 aliphatic heterocycles. The molecule has 1 saturated carbocycles. The quantitative estimate of drug-likeness (QED) is 0.468. The average Bonchev–Trinajstić information content (AvgIpc) is 1.80. The Balaban J connectivity index is 2.35. The lowest BCUT2D eigenvalue weighted by Gasteiger charge is -2.29. The summed E-state index contributed by atoms with van der Waals surface area (Å²) in [7, 11) is 0. The SMILES string of the molecule is C[C@@H]1CC[C@H](C)[C@H](C)C1. The molecule has 1 rings (SSSR count). The van der Waals surface area contributed by atoms with Gasteiger partial charge in [0, 0.05) is 0 Å². The van der Waals surface area contributed by atoms with E-state index in [1.807, 2.05) is 0 Å². The maximum absolute atomic E-state index is 2.39. The van der Waals surface area contributed by atoms with Crippen molar-refractivity contribution in [3.63, 3.8) is 0 Å². The van der Waals surface area contributed by atoms with Crippen molar-refractivity contribution < 1.29 is 0 Å². The minimum atomic E-state index is 0.980. The largest absolute Gasteiger partial charge is 0.0625 e. The van der Waals surface area contributed by atoms with Gasteiger partial charge in [-0.15, -0.1) is 0 Å². The maximum Gasteiger partial charge on any atom is -0.0414 e. The molecule has 0 amide bonds. The van der Waals surface area contributed by atoms with E-state index in [9.17, 15) is 0 Å². The summed E-state index contributed by atoms with van der Waals surface area (Å²) in [5.41, 5.74) is 0. The highest BCUT2D eigenvalue weighted by Crippen LogP contribution is 2.32. The lowest BCUT2D eigenvalue weighted by molar-refractivity contribution is 0.220. The van der Waals surface area contributed by atoms with E-state index >= 15 is 0 Å². The van der Waals surface area contributed by atoms with Gasteiger partial charge in [-0.05, 0) is 24.2 Å². The van der Waals surface area contributed by atoms with Crippen molar-refractivity contribution in [1.82, 2.24) is 0 Å². The van der Waals surface area contributed by atoms with Crippen LogP contribution < -0.4 is 0 Å². The van der Waals surface area contributed by atoms with Crippen molar-refractivity contribution in [3.8, 4) is 0 Å². The van der Waals surface area contributed by atoms with Gasteiger partial charge < -0.3 is 0 Å². The van der Waals surface area contributed by atoms with Crippen molar-refractivity contribution >= 4 is 0 Å². The summed E-state index contributed by atoms with van der Waals surface area (Å²) in [6, 6.07) is 0. The first-order valence-electron chi connectivity index (χ1n) is 4.20.